The van der Waals surface area contributed by atoms with Gasteiger partial charge < -0.3 is 14.9 Å². The molecule has 0 aromatic carbocycles. The molecular weight excluding hydrogens is 208 g/mol. The van der Waals surface area contributed by atoms with E-state index >= 15 is 0 Å². The van der Waals surface area contributed by atoms with Gasteiger partial charge in [0.2, 0.25) is 5.75 Å². The Labute approximate surface area is 84.8 Å². The molecule has 0 N–H and O–H groups in total. The van der Waals surface area contributed by atoms with E-state index in [2.05, 4.69) is 4.98 Å². The van der Waals surface area contributed by atoms with Gasteiger partial charge in [0.15, 0.2) is 6.20 Å². The van der Waals surface area contributed by atoms with Crippen molar-refractivity contribution < 1.29 is 9.66 Å². The molecule has 2 rings (SSSR count). The maximum absolute atomic E-state index is 10.6. The third-order valence-electron chi connectivity index (χ3n) is 1.79. The molecule has 14 heavy (non-hydrogen) atoms. The van der Waals surface area contributed by atoms with Crippen LogP contribution in [0.2, 0.25) is 5.02 Å². The van der Waals surface area contributed by atoms with Gasteiger partial charge in [-0.05, 0) is 22.7 Å². The highest BCUT2D eigenvalue weighted by Gasteiger charge is 2.28. The van der Waals surface area contributed by atoms with E-state index in [9.17, 15) is 10.1 Å². The van der Waals surface area contributed by atoms with Crippen LogP contribution >= 0.6 is 11.6 Å². The van der Waals surface area contributed by atoms with Crippen LogP contribution in [-0.4, -0.2) is 16.0 Å². The second-order valence-corrected chi connectivity index (χ2v) is 3.49. The van der Waals surface area contributed by atoms with Crippen LogP contribution in [0, 0.1) is 10.1 Å². The van der Waals surface area contributed by atoms with E-state index in [1.165, 1.54) is 12.3 Å². The van der Waals surface area contributed by atoms with Gasteiger partial charge in [0.25, 0.3) is 0 Å². The summed E-state index contributed by atoms with van der Waals surface area (Å²) in [7, 11) is 0. The summed E-state index contributed by atoms with van der Waals surface area (Å²) in [5.41, 5.74) is 0. The number of nitrogens with zero attached hydrogens (tertiary/aromatic N) is 2. The molecule has 0 bridgehead atoms. The molecule has 0 spiro atoms. The fourth-order valence-electron chi connectivity index (χ4n) is 1.00. The molecule has 0 atom stereocenters. The van der Waals surface area contributed by atoms with Crippen molar-refractivity contribution in [2.45, 2.75) is 18.9 Å². The Bertz CT molecular complexity index is 379. The Balaban J connectivity index is 2.31. The third-order valence-corrected chi connectivity index (χ3v) is 2.00. The zero-order chi connectivity index (χ0) is 10.1. The first-order chi connectivity index (χ1) is 6.66. The molecular formula is C8H7ClN2O3. The standard InChI is InChI=1S/C8H7ClN2O3/c9-5-3-7(14-6-1-2-6)8(10-4-5)11(12)13/h3-4,6H,1-2H2. The number of rotatable bonds is 3. The van der Waals surface area contributed by atoms with E-state index in [1.54, 1.807) is 0 Å². The Hall–Kier alpha value is -1.36. The number of hydrogen-bond acceptors (Lipinski definition) is 4. The first-order valence-electron chi connectivity index (χ1n) is 4.13. The number of ether oxygens (including phenoxy) is 1. The smallest absolute Gasteiger partial charge is 0.406 e. The molecule has 1 heterocycles. The Morgan fingerprint density at radius 2 is 2.36 bits per heavy atom. The summed E-state index contributed by atoms with van der Waals surface area (Å²) in [5.74, 6) is -0.119. The molecule has 0 radical (unpaired) electrons. The number of pyridine rings is 1. The molecule has 0 saturated heterocycles. The van der Waals surface area contributed by atoms with Gasteiger partial charge in [-0.15, -0.1) is 0 Å². The van der Waals surface area contributed by atoms with Crippen LogP contribution in [0.4, 0.5) is 5.82 Å². The van der Waals surface area contributed by atoms with Crippen LogP contribution in [-0.2, 0) is 0 Å². The van der Waals surface area contributed by atoms with E-state index < -0.39 is 4.92 Å². The first kappa shape index (κ1) is 9.21. The van der Waals surface area contributed by atoms with Crippen molar-refractivity contribution in [1.29, 1.82) is 0 Å². The highest BCUT2D eigenvalue weighted by molar-refractivity contribution is 6.30. The SMILES string of the molecule is O=[N+]([O-])c1ncc(Cl)cc1OC1CC1. The van der Waals surface area contributed by atoms with Gasteiger partial charge in [0.05, 0.1) is 11.1 Å². The fourth-order valence-corrected chi connectivity index (χ4v) is 1.15. The van der Waals surface area contributed by atoms with Crippen molar-refractivity contribution in [3.05, 3.63) is 27.4 Å². The van der Waals surface area contributed by atoms with Gasteiger partial charge in [0, 0.05) is 6.07 Å². The highest BCUT2D eigenvalue weighted by atomic mass is 35.5. The molecule has 74 valence electrons. The minimum absolute atomic E-state index is 0.0916. The summed E-state index contributed by atoms with van der Waals surface area (Å²) in [6, 6.07) is 1.42. The van der Waals surface area contributed by atoms with Gasteiger partial charge in [-0.1, -0.05) is 11.6 Å². The van der Waals surface area contributed by atoms with Crippen molar-refractivity contribution in [2.75, 3.05) is 0 Å². The van der Waals surface area contributed by atoms with Gasteiger partial charge in [-0.3, -0.25) is 0 Å². The van der Waals surface area contributed by atoms with Crippen molar-refractivity contribution in [1.82, 2.24) is 4.98 Å². The Morgan fingerprint density at radius 1 is 1.64 bits per heavy atom. The van der Waals surface area contributed by atoms with Crippen molar-refractivity contribution >= 4 is 17.4 Å². The summed E-state index contributed by atoms with van der Waals surface area (Å²) >= 11 is 5.66. The monoisotopic (exact) mass is 214 g/mol. The fraction of sp³-hybridized carbons (Fsp3) is 0.375. The highest BCUT2D eigenvalue weighted by Crippen LogP contribution is 2.33. The molecule has 0 unspecified atom stereocenters. The lowest BCUT2D eigenvalue weighted by Crippen LogP contribution is -2.01. The van der Waals surface area contributed by atoms with E-state index in [4.69, 9.17) is 16.3 Å². The lowest BCUT2D eigenvalue weighted by molar-refractivity contribution is -0.390. The maximum atomic E-state index is 10.6. The number of aromatic nitrogens is 1. The number of halogens is 1. The lowest BCUT2D eigenvalue weighted by Gasteiger charge is -2.03. The minimum atomic E-state index is -0.575. The molecule has 1 aliphatic carbocycles. The first-order valence-corrected chi connectivity index (χ1v) is 4.51. The van der Waals surface area contributed by atoms with E-state index in [-0.39, 0.29) is 17.7 Å². The second kappa shape index (κ2) is 3.42. The molecule has 1 saturated carbocycles. The lowest BCUT2D eigenvalue weighted by atomic mass is 10.4. The maximum Gasteiger partial charge on any atom is 0.406 e. The largest absolute Gasteiger partial charge is 0.482 e. The van der Waals surface area contributed by atoms with Crippen LogP contribution in [0.5, 0.6) is 5.75 Å². The summed E-state index contributed by atoms with van der Waals surface area (Å²) in [4.78, 5) is 13.6. The zero-order valence-corrected chi connectivity index (χ0v) is 7.90. The van der Waals surface area contributed by atoms with Gasteiger partial charge in [-0.2, -0.15) is 0 Å². The van der Waals surface area contributed by atoms with Crippen LogP contribution < -0.4 is 4.74 Å². The van der Waals surface area contributed by atoms with E-state index in [0.29, 0.717) is 5.02 Å². The molecule has 5 nitrogen and oxygen atoms in total. The predicted octanol–water partition coefficient (Wildman–Crippen LogP) is 2.18. The van der Waals surface area contributed by atoms with Crippen molar-refractivity contribution in [3.63, 3.8) is 0 Å². The van der Waals surface area contributed by atoms with Crippen LogP contribution in [0.1, 0.15) is 12.8 Å². The second-order valence-electron chi connectivity index (χ2n) is 3.05. The van der Waals surface area contributed by atoms with Gasteiger partial charge in [0.1, 0.15) is 0 Å². The summed E-state index contributed by atoms with van der Waals surface area (Å²) in [5, 5.41) is 10.9. The third kappa shape index (κ3) is 1.93. The Kier molecular flexibility index (Phi) is 2.25. The average molecular weight is 215 g/mol. The summed E-state index contributed by atoms with van der Waals surface area (Å²) in [6.45, 7) is 0. The molecule has 0 aliphatic heterocycles. The van der Waals surface area contributed by atoms with Gasteiger partial charge >= 0.3 is 5.82 Å². The number of nitro groups is 1. The molecule has 1 aromatic rings. The topological polar surface area (TPSA) is 65.3 Å². The molecule has 1 fully saturated rings. The van der Waals surface area contributed by atoms with Gasteiger partial charge in [-0.25, -0.2) is 0 Å². The minimum Gasteiger partial charge on any atom is -0.482 e. The quantitative estimate of drug-likeness (QED) is 0.571. The summed E-state index contributed by atoms with van der Waals surface area (Å²) in [6.07, 6.45) is 3.20. The van der Waals surface area contributed by atoms with Crippen LogP contribution in [0.3, 0.4) is 0 Å². The van der Waals surface area contributed by atoms with Crippen LogP contribution in [0.25, 0.3) is 0 Å². The molecule has 1 aliphatic rings. The van der Waals surface area contributed by atoms with E-state index in [1.807, 2.05) is 0 Å². The molecule has 6 heteroatoms. The summed E-state index contributed by atoms with van der Waals surface area (Å²) < 4.78 is 5.31. The average Bonchev–Trinajstić information content (AvgIpc) is 2.87. The van der Waals surface area contributed by atoms with Crippen LogP contribution in [0.15, 0.2) is 12.3 Å². The number of hydrogen-bond donors (Lipinski definition) is 0. The normalized spacial score (nSPS) is 15.2. The van der Waals surface area contributed by atoms with E-state index in [0.717, 1.165) is 12.8 Å². The zero-order valence-electron chi connectivity index (χ0n) is 7.14. The predicted molar refractivity (Wildman–Crippen MR) is 49.6 cm³/mol. The van der Waals surface area contributed by atoms with Crippen molar-refractivity contribution in [3.8, 4) is 5.75 Å². The van der Waals surface area contributed by atoms with Crippen molar-refractivity contribution in [2.24, 2.45) is 0 Å². The Morgan fingerprint density at radius 3 is 2.93 bits per heavy atom. The molecule has 0 amide bonds. The molecule has 1 aromatic heterocycles.